The molecule has 1 aliphatic heterocycles. The second-order valence-electron chi connectivity index (χ2n) is 6.82. The lowest BCUT2D eigenvalue weighted by Crippen LogP contribution is -2.57. The Morgan fingerprint density at radius 1 is 1.19 bits per heavy atom. The van der Waals surface area contributed by atoms with Gasteiger partial charge in [-0.15, -0.1) is 0 Å². The number of pyridine rings is 1. The van der Waals surface area contributed by atoms with Crippen LogP contribution in [0.4, 0.5) is 5.82 Å². The Bertz CT molecular complexity index is 1070. The lowest BCUT2D eigenvalue weighted by atomic mass is 10.2. The van der Waals surface area contributed by atoms with Crippen molar-refractivity contribution in [3.63, 3.8) is 0 Å². The van der Waals surface area contributed by atoms with Gasteiger partial charge in [-0.1, -0.05) is 18.2 Å². The predicted octanol–water partition coefficient (Wildman–Crippen LogP) is 1.81. The first-order valence-electron chi connectivity index (χ1n) is 8.44. The van der Waals surface area contributed by atoms with Crippen molar-refractivity contribution >= 4 is 26.7 Å². The molecule has 8 heteroatoms. The Kier molecular flexibility index (Phi) is 3.96. The standard InChI is InChI=1S/C18H21N5O2S/c1-13-6-4-5-7-17(13)23-10-14-9-19-18(8-16(14)20-23)22-11-15(12-22)26(24,25)21(2)3/h4-10,15H,11-12H2,1-3H3. The van der Waals surface area contributed by atoms with Gasteiger partial charge in [0.15, 0.2) is 0 Å². The average molecular weight is 371 g/mol. The maximum absolute atomic E-state index is 12.2. The predicted molar refractivity (Wildman–Crippen MR) is 102 cm³/mol. The summed E-state index contributed by atoms with van der Waals surface area (Å²) in [5.41, 5.74) is 3.02. The molecular weight excluding hydrogens is 350 g/mol. The molecule has 0 unspecified atom stereocenters. The van der Waals surface area contributed by atoms with Crippen molar-refractivity contribution in [1.29, 1.82) is 0 Å². The van der Waals surface area contributed by atoms with E-state index in [1.165, 1.54) is 4.31 Å². The molecule has 0 atom stereocenters. The zero-order valence-electron chi connectivity index (χ0n) is 15.0. The summed E-state index contributed by atoms with van der Waals surface area (Å²) in [5.74, 6) is 0.762. The molecule has 0 N–H and O–H groups in total. The molecule has 0 amide bonds. The molecule has 0 aliphatic carbocycles. The van der Waals surface area contributed by atoms with Crippen LogP contribution in [0.1, 0.15) is 5.56 Å². The second-order valence-corrected chi connectivity index (χ2v) is 9.24. The molecule has 4 rings (SSSR count). The molecular formula is C18H21N5O2S. The average Bonchev–Trinajstić information content (AvgIpc) is 2.96. The zero-order valence-corrected chi connectivity index (χ0v) is 15.8. The number of benzene rings is 1. The molecule has 1 saturated heterocycles. The van der Waals surface area contributed by atoms with Crippen molar-refractivity contribution in [2.45, 2.75) is 12.2 Å². The molecule has 136 valence electrons. The first kappa shape index (κ1) is 17.0. The maximum Gasteiger partial charge on any atom is 0.219 e. The van der Waals surface area contributed by atoms with E-state index in [4.69, 9.17) is 0 Å². The summed E-state index contributed by atoms with van der Waals surface area (Å²) in [7, 11) is -0.0762. The van der Waals surface area contributed by atoms with Gasteiger partial charge in [-0.05, 0) is 18.6 Å². The fourth-order valence-electron chi connectivity index (χ4n) is 3.14. The molecule has 0 spiro atoms. The summed E-state index contributed by atoms with van der Waals surface area (Å²) >= 11 is 0. The normalized spacial score (nSPS) is 15.6. The van der Waals surface area contributed by atoms with Gasteiger partial charge < -0.3 is 4.90 Å². The van der Waals surface area contributed by atoms with Gasteiger partial charge in [-0.3, -0.25) is 0 Å². The minimum absolute atomic E-state index is 0.375. The molecule has 1 fully saturated rings. The Hall–Kier alpha value is -2.45. The molecule has 7 nitrogen and oxygen atoms in total. The van der Waals surface area contributed by atoms with Crippen molar-refractivity contribution in [3.05, 3.63) is 48.3 Å². The molecule has 0 radical (unpaired) electrons. The van der Waals surface area contributed by atoms with Gasteiger partial charge in [0.05, 0.1) is 11.2 Å². The highest BCUT2D eigenvalue weighted by Crippen LogP contribution is 2.27. The van der Waals surface area contributed by atoms with Crippen LogP contribution in [0.25, 0.3) is 16.6 Å². The number of aryl methyl sites for hydroxylation is 1. The molecule has 0 bridgehead atoms. The Morgan fingerprint density at radius 2 is 1.92 bits per heavy atom. The van der Waals surface area contributed by atoms with E-state index in [0.717, 1.165) is 28.0 Å². The quantitative estimate of drug-likeness (QED) is 0.699. The van der Waals surface area contributed by atoms with Crippen LogP contribution in [0.15, 0.2) is 42.7 Å². The van der Waals surface area contributed by atoms with Crippen LogP contribution in [0.5, 0.6) is 0 Å². The summed E-state index contributed by atoms with van der Waals surface area (Å²) in [6.45, 7) is 2.96. The van der Waals surface area contributed by atoms with E-state index in [-0.39, 0.29) is 5.25 Å². The Labute approximate surface area is 152 Å². The van der Waals surface area contributed by atoms with Gasteiger partial charge in [0.1, 0.15) is 11.1 Å². The van der Waals surface area contributed by atoms with Crippen molar-refractivity contribution in [1.82, 2.24) is 19.1 Å². The van der Waals surface area contributed by atoms with Crippen LogP contribution in [-0.2, 0) is 10.0 Å². The number of anilines is 1. The van der Waals surface area contributed by atoms with E-state index in [9.17, 15) is 8.42 Å². The highest BCUT2D eigenvalue weighted by atomic mass is 32.2. The number of sulfonamides is 1. The number of hydrogen-bond donors (Lipinski definition) is 0. The first-order valence-corrected chi connectivity index (χ1v) is 9.94. The fourth-order valence-corrected chi connectivity index (χ4v) is 4.47. The van der Waals surface area contributed by atoms with Crippen LogP contribution < -0.4 is 4.90 Å². The number of nitrogens with zero attached hydrogens (tertiary/aromatic N) is 5. The molecule has 3 heterocycles. The van der Waals surface area contributed by atoms with Gasteiger partial charge in [-0.25, -0.2) is 22.4 Å². The van der Waals surface area contributed by atoms with E-state index in [0.29, 0.717) is 13.1 Å². The van der Waals surface area contributed by atoms with Crippen LogP contribution >= 0.6 is 0 Å². The van der Waals surface area contributed by atoms with Crippen LogP contribution in [0.3, 0.4) is 0 Å². The smallest absolute Gasteiger partial charge is 0.219 e. The van der Waals surface area contributed by atoms with Crippen molar-refractivity contribution in [2.75, 3.05) is 32.1 Å². The monoisotopic (exact) mass is 371 g/mol. The second kappa shape index (κ2) is 6.07. The minimum atomic E-state index is -3.22. The number of para-hydroxylation sites is 1. The molecule has 1 aromatic carbocycles. The third kappa shape index (κ3) is 2.75. The maximum atomic E-state index is 12.2. The third-order valence-corrected chi connectivity index (χ3v) is 7.00. The lowest BCUT2D eigenvalue weighted by molar-refractivity contribution is 0.479. The Morgan fingerprint density at radius 3 is 2.62 bits per heavy atom. The lowest BCUT2D eigenvalue weighted by Gasteiger charge is -2.40. The van der Waals surface area contributed by atoms with Crippen LogP contribution in [0, 0.1) is 6.92 Å². The van der Waals surface area contributed by atoms with E-state index in [2.05, 4.69) is 23.1 Å². The third-order valence-electron chi connectivity index (χ3n) is 4.84. The van der Waals surface area contributed by atoms with Gasteiger partial charge in [0.25, 0.3) is 0 Å². The SMILES string of the molecule is Cc1ccccc1-n1cc2cnc(N3CC(S(=O)(=O)N(C)C)C3)cc2n1. The largest absolute Gasteiger partial charge is 0.354 e. The van der Waals surface area contributed by atoms with Crippen molar-refractivity contribution in [2.24, 2.45) is 0 Å². The summed E-state index contributed by atoms with van der Waals surface area (Å²) < 4.78 is 27.5. The van der Waals surface area contributed by atoms with Crippen LogP contribution in [-0.4, -0.2) is 59.9 Å². The summed E-state index contributed by atoms with van der Waals surface area (Å²) in [5, 5.41) is 5.24. The number of rotatable bonds is 4. The zero-order chi connectivity index (χ0) is 18.5. The first-order chi connectivity index (χ1) is 12.4. The van der Waals surface area contributed by atoms with E-state index >= 15 is 0 Å². The van der Waals surface area contributed by atoms with E-state index < -0.39 is 10.0 Å². The van der Waals surface area contributed by atoms with Gasteiger partial charge in [0.2, 0.25) is 10.0 Å². The van der Waals surface area contributed by atoms with Crippen LogP contribution in [0.2, 0.25) is 0 Å². The summed E-state index contributed by atoms with van der Waals surface area (Å²) in [6.07, 6.45) is 3.75. The molecule has 2 aromatic heterocycles. The highest BCUT2D eigenvalue weighted by Gasteiger charge is 2.39. The van der Waals surface area contributed by atoms with Gasteiger partial charge >= 0.3 is 0 Å². The minimum Gasteiger partial charge on any atom is -0.354 e. The van der Waals surface area contributed by atoms with Gasteiger partial charge in [-0.2, -0.15) is 5.10 Å². The van der Waals surface area contributed by atoms with Crippen molar-refractivity contribution in [3.8, 4) is 5.69 Å². The van der Waals surface area contributed by atoms with Crippen molar-refractivity contribution < 1.29 is 8.42 Å². The molecule has 3 aromatic rings. The summed E-state index contributed by atoms with van der Waals surface area (Å²) in [4.78, 5) is 6.45. The molecule has 1 aliphatic rings. The molecule has 0 saturated carbocycles. The summed E-state index contributed by atoms with van der Waals surface area (Å²) in [6, 6.07) is 9.99. The topological polar surface area (TPSA) is 71.3 Å². The highest BCUT2D eigenvalue weighted by molar-refractivity contribution is 7.89. The number of hydrogen-bond acceptors (Lipinski definition) is 5. The number of fused-ring (bicyclic) bond motifs is 1. The number of aromatic nitrogens is 3. The Balaban J connectivity index is 1.59. The van der Waals surface area contributed by atoms with E-state index in [1.54, 1.807) is 20.3 Å². The van der Waals surface area contributed by atoms with Gasteiger partial charge in [0, 0.05) is 51.0 Å². The fraction of sp³-hybridized carbons (Fsp3) is 0.333. The van der Waals surface area contributed by atoms with E-state index in [1.807, 2.05) is 40.0 Å². The molecule has 26 heavy (non-hydrogen) atoms.